The number of fused-ring (bicyclic) bond motifs is 2. The van der Waals surface area contributed by atoms with Crippen molar-refractivity contribution in [3.05, 3.63) is 63.5 Å². The molecule has 0 bridgehead atoms. The molecular weight excluding hydrogens is 314 g/mol. The minimum absolute atomic E-state index is 0.0209. The average molecular weight is 331 g/mol. The number of hydrogen-bond acceptors (Lipinski definition) is 4. The third-order valence-corrected chi connectivity index (χ3v) is 4.92. The topological polar surface area (TPSA) is 59.6 Å². The first-order valence-electron chi connectivity index (χ1n) is 8.45. The Hall–Kier alpha value is -2.97. The van der Waals surface area contributed by atoms with Crippen molar-refractivity contribution < 1.29 is 9.21 Å². The maximum atomic E-state index is 12.5. The summed E-state index contributed by atoms with van der Waals surface area (Å²) in [6, 6.07) is 11.8. The van der Waals surface area contributed by atoms with E-state index in [4.69, 9.17) is 4.42 Å². The van der Waals surface area contributed by atoms with Gasteiger partial charge in [0.2, 0.25) is 6.08 Å². The predicted molar refractivity (Wildman–Crippen MR) is 97.1 cm³/mol. The SMILES string of the molecule is Cc1ccccc1-c1c(N=C=O)c(=O)oc2cc3c(cc12)CCCC3. The van der Waals surface area contributed by atoms with Gasteiger partial charge in [-0.3, -0.25) is 0 Å². The number of aryl methyl sites for hydroxylation is 3. The van der Waals surface area contributed by atoms with Gasteiger partial charge in [0.15, 0.2) is 5.69 Å². The number of rotatable bonds is 2. The summed E-state index contributed by atoms with van der Waals surface area (Å²) in [5.41, 5.74) is 5.03. The quantitative estimate of drug-likeness (QED) is 0.391. The lowest BCUT2D eigenvalue weighted by Gasteiger charge is -2.18. The Morgan fingerprint density at radius 2 is 1.80 bits per heavy atom. The molecule has 0 unspecified atom stereocenters. The Bertz CT molecular complexity index is 1090. The van der Waals surface area contributed by atoms with E-state index >= 15 is 0 Å². The number of isocyanates is 1. The lowest BCUT2D eigenvalue weighted by Crippen LogP contribution is -2.06. The molecule has 4 nitrogen and oxygen atoms in total. The van der Waals surface area contributed by atoms with Crippen LogP contribution in [-0.4, -0.2) is 6.08 Å². The van der Waals surface area contributed by atoms with Gasteiger partial charge in [-0.15, -0.1) is 0 Å². The van der Waals surface area contributed by atoms with Crippen LogP contribution in [0.5, 0.6) is 0 Å². The Morgan fingerprint density at radius 3 is 2.52 bits per heavy atom. The van der Waals surface area contributed by atoms with Crippen LogP contribution in [0, 0.1) is 6.92 Å². The minimum atomic E-state index is -0.607. The first kappa shape index (κ1) is 15.6. The second-order valence-corrected chi connectivity index (χ2v) is 6.46. The Labute approximate surface area is 144 Å². The smallest absolute Gasteiger partial charge is 0.363 e. The van der Waals surface area contributed by atoms with Gasteiger partial charge in [-0.1, -0.05) is 24.3 Å². The van der Waals surface area contributed by atoms with E-state index in [0.717, 1.165) is 42.2 Å². The molecule has 0 saturated carbocycles. The van der Waals surface area contributed by atoms with E-state index < -0.39 is 5.63 Å². The molecule has 1 aliphatic rings. The van der Waals surface area contributed by atoms with E-state index in [1.54, 1.807) is 0 Å². The fourth-order valence-electron chi connectivity index (χ4n) is 3.69. The first-order valence-corrected chi connectivity index (χ1v) is 8.45. The van der Waals surface area contributed by atoms with Gasteiger partial charge in [0.05, 0.1) is 0 Å². The zero-order valence-electron chi connectivity index (χ0n) is 14.0. The molecule has 0 spiro atoms. The summed E-state index contributed by atoms with van der Waals surface area (Å²) in [4.78, 5) is 27.0. The molecule has 0 radical (unpaired) electrons. The van der Waals surface area contributed by atoms with Crippen LogP contribution in [0.4, 0.5) is 5.69 Å². The molecule has 2 aromatic carbocycles. The van der Waals surface area contributed by atoms with Crippen molar-refractivity contribution in [3.63, 3.8) is 0 Å². The van der Waals surface area contributed by atoms with Crippen LogP contribution in [-0.2, 0) is 17.6 Å². The summed E-state index contributed by atoms with van der Waals surface area (Å²) in [7, 11) is 0. The van der Waals surface area contributed by atoms with Crippen molar-refractivity contribution in [2.24, 2.45) is 4.99 Å². The predicted octanol–water partition coefficient (Wildman–Crippen LogP) is 4.61. The van der Waals surface area contributed by atoms with Crippen molar-refractivity contribution in [2.75, 3.05) is 0 Å². The van der Waals surface area contributed by atoms with Gasteiger partial charge in [0.25, 0.3) is 0 Å². The van der Waals surface area contributed by atoms with Crippen molar-refractivity contribution in [1.29, 1.82) is 0 Å². The summed E-state index contributed by atoms with van der Waals surface area (Å²) >= 11 is 0. The third kappa shape index (κ3) is 2.61. The average Bonchev–Trinajstić information content (AvgIpc) is 2.62. The van der Waals surface area contributed by atoms with E-state index in [1.807, 2.05) is 37.3 Å². The summed E-state index contributed by atoms with van der Waals surface area (Å²) in [6.45, 7) is 1.97. The van der Waals surface area contributed by atoms with E-state index in [9.17, 15) is 9.59 Å². The van der Waals surface area contributed by atoms with Crippen molar-refractivity contribution >= 4 is 22.7 Å². The standard InChI is InChI=1S/C21H17NO3/c1-13-6-2-5-9-16(13)19-17-10-14-7-3-4-8-15(14)11-18(17)25-21(24)20(19)22-12-23/h2,5-6,9-11H,3-4,7-8H2,1H3. The second-order valence-electron chi connectivity index (χ2n) is 6.46. The molecule has 1 aliphatic carbocycles. The largest absolute Gasteiger partial charge is 0.421 e. The third-order valence-electron chi connectivity index (χ3n) is 4.92. The zero-order valence-corrected chi connectivity index (χ0v) is 14.0. The van der Waals surface area contributed by atoms with Crippen molar-refractivity contribution in [3.8, 4) is 11.1 Å². The van der Waals surface area contributed by atoms with Crippen LogP contribution in [0.15, 0.2) is 50.6 Å². The van der Waals surface area contributed by atoms with Crippen LogP contribution in [0.25, 0.3) is 22.1 Å². The van der Waals surface area contributed by atoms with Gasteiger partial charge in [-0.05, 0) is 67.0 Å². The summed E-state index contributed by atoms with van der Waals surface area (Å²) in [6.07, 6.45) is 5.83. The number of carbonyl (C=O) groups excluding carboxylic acids is 1. The number of benzene rings is 2. The van der Waals surface area contributed by atoms with Crippen LogP contribution in [0.3, 0.4) is 0 Å². The molecule has 25 heavy (non-hydrogen) atoms. The van der Waals surface area contributed by atoms with E-state index in [1.165, 1.54) is 17.2 Å². The fourth-order valence-corrected chi connectivity index (χ4v) is 3.69. The maximum Gasteiger partial charge on any atom is 0.363 e. The zero-order chi connectivity index (χ0) is 17.4. The molecule has 0 atom stereocenters. The minimum Gasteiger partial charge on any atom is -0.421 e. The molecule has 0 N–H and O–H groups in total. The molecule has 4 rings (SSSR count). The van der Waals surface area contributed by atoms with Crippen molar-refractivity contribution in [1.82, 2.24) is 0 Å². The van der Waals surface area contributed by atoms with Gasteiger partial charge < -0.3 is 4.42 Å². The van der Waals surface area contributed by atoms with Gasteiger partial charge >= 0.3 is 5.63 Å². The van der Waals surface area contributed by atoms with Gasteiger partial charge in [0.1, 0.15) is 5.58 Å². The van der Waals surface area contributed by atoms with Crippen LogP contribution < -0.4 is 5.63 Å². The van der Waals surface area contributed by atoms with Crippen LogP contribution in [0.1, 0.15) is 29.5 Å². The summed E-state index contributed by atoms with van der Waals surface area (Å²) in [5, 5.41) is 0.823. The summed E-state index contributed by atoms with van der Waals surface area (Å²) in [5.74, 6) is 0. The molecule has 0 fully saturated rings. The fraction of sp³-hybridized carbons (Fsp3) is 0.238. The Morgan fingerprint density at radius 1 is 1.08 bits per heavy atom. The van der Waals surface area contributed by atoms with E-state index in [-0.39, 0.29) is 5.69 Å². The molecule has 0 aliphatic heterocycles. The lowest BCUT2D eigenvalue weighted by atomic mass is 9.88. The molecule has 3 aromatic rings. The van der Waals surface area contributed by atoms with E-state index in [0.29, 0.717) is 11.1 Å². The van der Waals surface area contributed by atoms with Gasteiger partial charge in [-0.25, -0.2) is 9.59 Å². The highest BCUT2D eigenvalue weighted by Crippen LogP contribution is 2.38. The Balaban J connectivity index is 2.16. The molecular formula is C21H17NO3. The number of nitrogens with zero attached hydrogens (tertiary/aromatic N) is 1. The number of hydrogen-bond donors (Lipinski definition) is 0. The molecule has 4 heteroatoms. The molecule has 124 valence electrons. The summed E-state index contributed by atoms with van der Waals surface area (Å²) < 4.78 is 5.49. The normalized spacial score (nSPS) is 13.3. The second kappa shape index (κ2) is 6.15. The van der Waals surface area contributed by atoms with Gasteiger partial charge in [-0.2, -0.15) is 4.99 Å². The van der Waals surface area contributed by atoms with Crippen LogP contribution >= 0.6 is 0 Å². The van der Waals surface area contributed by atoms with E-state index in [2.05, 4.69) is 11.1 Å². The van der Waals surface area contributed by atoms with Gasteiger partial charge in [0, 0.05) is 10.9 Å². The highest BCUT2D eigenvalue weighted by Gasteiger charge is 2.20. The lowest BCUT2D eigenvalue weighted by molar-refractivity contribution is 0.556. The molecule has 0 amide bonds. The number of aliphatic imine (C=N–C) groups is 1. The highest BCUT2D eigenvalue weighted by atomic mass is 16.4. The monoisotopic (exact) mass is 331 g/mol. The Kier molecular flexibility index (Phi) is 3.83. The molecule has 0 saturated heterocycles. The highest BCUT2D eigenvalue weighted by molar-refractivity contribution is 6.00. The first-order chi connectivity index (χ1) is 12.2. The van der Waals surface area contributed by atoms with Crippen LogP contribution in [0.2, 0.25) is 0 Å². The maximum absolute atomic E-state index is 12.5. The van der Waals surface area contributed by atoms with Crippen molar-refractivity contribution in [2.45, 2.75) is 32.6 Å². The molecule has 1 heterocycles. The molecule has 1 aromatic heterocycles.